The highest BCUT2D eigenvalue weighted by atomic mass is 32.1. The van der Waals surface area contributed by atoms with Crippen LogP contribution in [-0.4, -0.2) is 18.7 Å². The molecule has 22 heavy (non-hydrogen) atoms. The summed E-state index contributed by atoms with van der Waals surface area (Å²) in [4.78, 5) is 23.0. The number of hydrogen-bond donors (Lipinski definition) is 1. The van der Waals surface area contributed by atoms with Gasteiger partial charge in [-0.3, -0.25) is 9.59 Å². The molecule has 1 aromatic carbocycles. The van der Waals surface area contributed by atoms with Crippen LogP contribution in [0.1, 0.15) is 48.0 Å². The molecule has 0 saturated heterocycles. The molecular weight excluding hydrogens is 294 g/mol. The zero-order valence-electron chi connectivity index (χ0n) is 12.6. The molecule has 0 radical (unpaired) electrons. The first kappa shape index (κ1) is 15.2. The van der Waals surface area contributed by atoms with Crippen LogP contribution in [0.5, 0.6) is 0 Å². The first-order chi connectivity index (χ1) is 10.8. The number of hydrogen-bond acceptors (Lipinski definition) is 3. The second-order valence-electron chi connectivity index (χ2n) is 6.01. The van der Waals surface area contributed by atoms with Crippen molar-refractivity contribution in [2.24, 2.45) is 5.92 Å². The van der Waals surface area contributed by atoms with Gasteiger partial charge in [0.15, 0.2) is 0 Å². The maximum absolute atomic E-state index is 12.1. The molecular formula is C18H21NO2S. The average molecular weight is 315 g/mol. The summed E-state index contributed by atoms with van der Waals surface area (Å²) in [5, 5.41) is 6.35. The number of carbonyl (C=O) groups is 2. The Bertz CT molecular complexity index is 671. The number of thiophene rings is 1. The van der Waals surface area contributed by atoms with Crippen molar-refractivity contribution in [3.8, 4) is 0 Å². The van der Waals surface area contributed by atoms with Gasteiger partial charge in [-0.15, -0.1) is 11.3 Å². The highest BCUT2D eigenvalue weighted by Crippen LogP contribution is 2.27. The number of rotatable bonds is 5. The van der Waals surface area contributed by atoms with Crippen molar-refractivity contribution in [1.29, 1.82) is 0 Å². The molecule has 0 spiro atoms. The molecule has 1 aliphatic carbocycles. The lowest BCUT2D eigenvalue weighted by Gasteiger charge is -2.20. The fourth-order valence-electron chi connectivity index (χ4n) is 3.20. The minimum absolute atomic E-state index is 0.216. The van der Waals surface area contributed by atoms with Crippen molar-refractivity contribution < 1.29 is 9.59 Å². The van der Waals surface area contributed by atoms with Crippen molar-refractivity contribution in [1.82, 2.24) is 5.32 Å². The third-order valence-corrected chi connectivity index (χ3v) is 5.50. The van der Waals surface area contributed by atoms with Crippen LogP contribution in [0, 0.1) is 5.92 Å². The minimum Gasteiger partial charge on any atom is -0.356 e. The number of aldehydes is 1. The molecule has 2 aromatic rings. The highest BCUT2D eigenvalue weighted by molar-refractivity contribution is 7.17. The van der Waals surface area contributed by atoms with E-state index in [1.807, 2.05) is 18.2 Å². The fourth-order valence-corrected chi connectivity index (χ4v) is 4.17. The summed E-state index contributed by atoms with van der Waals surface area (Å²) in [6.45, 7) is 0.673. The van der Waals surface area contributed by atoms with Gasteiger partial charge >= 0.3 is 0 Å². The van der Waals surface area contributed by atoms with Gasteiger partial charge in [-0.05, 0) is 47.7 Å². The molecule has 3 nitrogen and oxygen atoms in total. The molecule has 0 bridgehead atoms. The summed E-state index contributed by atoms with van der Waals surface area (Å²) in [6, 6.07) is 5.78. The number of nitrogens with one attached hydrogen (secondary N) is 1. The van der Waals surface area contributed by atoms with Gasteiger partial charge in [0.25, 0.3) is 0 Å². The molecule has 1 aromatic heterocycles. The van der Waals surface area contributed by atoms with E-state index in [-0.39, 0.29) is 11.8 Å². The predicted molar refractivity (Wildman–Crippen MR) is 90.5 cm³/mol. The maximum atomic E-state index is 12.1. The van der Waals surface area contributed by atoms with Gasteiger partial charge in [0.2, 0.25) is 5.91 Å². The molecule has 0 atom stereocenters. The largest absolute Gasteiger partial charge is 0.356 e. The van der Waals surface area contributed by atoms with Crippen molar-refractivity contribution in [3.05, 3.63) is 34.7 Å². The molecule has 3 rings (SSSR count). The average Bonchev–Trinajstić information content (AvgIpc) is 2.98. The number of carbonyl (C=O) groups excluding carboxylic acids is 2. The van der Waals surface area contributed by atoms with Crippen LogP contribution < -0.4 is 5.32 Å². The van der Waals surface area contributed by atoms with E-state index in [9.17, 15) is 9.59 Å². The second kappa shape index (κ2) is 7.05. The predicted octanol–water partition coefficient (Wildman–Crippen LogP) is 3.95. The minimum atomic E-state index is 0.216. The standard InChI is InChI=1S/C18H21NO2S/c20-11-13-6-7-17-16(10-13)15(12-22-17)8-9-19-18(21)14-4-2-1-3-5-14/h6-7,10-12,14H,1-5,8-9H2,(H,19,21). The Hall–Kier alpha value is -1.68. The molecule has 1 aliphatic rings. The van der Waals surface area contributed by atoms with Crippen molar-refractivity contribution in [2.75, 3.05) is 6.54 Å². The quantitative estimate of drug-likeness (QED) is 0.849. The Labute approximate surface area is 134 Å². The SMILES string of the molecule is O=Cc1ccc2scc(CCNC(=O)C3CCCCC3)c2c1. The van der Waals surface area contributed by atoms with E-state index in [0.29, 0.717) is 12.1 Å². The highest BCUT2D eigenvalue weighted by Gasteiger charge is 2.20. The summed E-state index contributed by atoms with van der Waals surface area (Å²) < 4.78 is 1.19. The van der Waals surface area contributed by atoms with Crippen molar-refractivity contribution >= 4 is 33.6 Å². The van der Waals surface area contributed by atoms with Gasteiger partial charge in [-0.2, -0.15) is 0 Å². The van der Waals surface area contributed by atoms with E-state index in [0.717, 1.165) is 30.9 Å². The maximum Gasteiger partial charge on any atom is 0.223 e. The van der Waals surface area contributed by atoms with Crippen molar-refractivity contribution in [2.45, 2.75) is 38.5 Å². The Morgan fingerprint density at radius 1 is 1.27 bits per heavy atom. The van der Waals surface area contributed by atoms with Crippen LogP contribution in [0.2, 0.25) is 0 Å². The molecule has 0 unspecified atom stereocenters. The summed E-state index contributed by atoms with van der Waals surface area (Å²) in [6.07, 6.45) is 7.41. The zero-order valence-corrected chi connectivity index (χ0v) is 13.5. The summed E-state index contributed by atoms with van der Waals surface area (Å²) in [5.74, 6) is 0.433. The van der Waals surface area contributed by atoms with Gasteiger partial charge in [0.05, 0.1) is 0 Å². The zero-order chi connectivity index (χ0) is 15.4. The number of amides is 1. The van der Waals surface area contributed by atoms with Crippen LogP contribution in [0.3, 0.4) is 0 Å². The summed E-state index contributed by atoms with van der Waals surface area (Å²) in [5.41, 5.74) is 1.92. The van der Waals surface area contributed by atoms with Crippen LogP contribution in [0.4, 0.5) is 0 Å². The Morgan fingerprint density at radius 2 is 2.09 bits per heavy atom. The van der Waals surface area contributed by atoms with Crippen LogP contribution in [0.15, 0.2) is 23.6 Å². The van der Waals surface area contributed by atoms with Crippen LogP contribution in [-0.2, 0) is 11.2 Å². The van der Waals surface area contributed by atoms with E-state index in [4.69, 9.17) is 0 Å². The topological polar surface area (TPSA) is 46.2 Å². The lowest BCUT2D eigenvalue weighted by Crippen LogP contribution is -2.33. The van der Waals surface area contributed by atoms with E-state index >= 15 is 0 Å². The molecule has 1 heterocycles. The molecule has 1 saturated carbocycles. The lowest BCUT2D eigenvalue weighted by molar-refractivity contribution is -0.125. The molecule has 4 heteroatoms. The number of fused-ring (bicyclic) bond motifs is 1. The van der Waals surface area contributed by atoms with E-state index < -0.39 is 0 Å². The van der Waals surface area contributed by atoms with Gasteiger partial charge < -0.3 is 5.32 Å². The monoisotopic (exact) mass is 315 g/mol. The Morgan fingerprint density at radius 3 is 2.86 bits per heavy atom. The molecule has 116 valence electrons. The van der Waals surface area contributed by atoms with E-state index in [1.165, 1.54) is 29.5 Å². The van der Waals surface area contributed by atoms with E-state index in [2.05, 4.69) is 10.7 Å². The third kappa shape index (κ3) is 3.38. The Balaban J connectivity index is 1.59. The third-order valence-electron chi connectivity index (χ3n) is 4.48. The van der Waals surface area contributed by atoms with Crippen LogP contribution >= 0.6 is 11.3 Å². The summed E-state index contributed by atoms with van der Waals surface area (Å²) >= 11 is 1.69. The molecule has 1 fully saturated rings. The van der Waals surface area contributed by atoms with E-state index in [1.54, 1.807) is 11.3 Å². The lowest BCUT2D eigenvalue weighted by atomic mass is 9.88. The first-order valence-electron chi connectivity index (χ1n) is 8.01. The second-order valence-corrected chi connectivity index (χ2v) is 6.92. The summed E-state index contributed by atoms with van der Waals surface area (Å²) in [7, 11) is 0. The number of benzene rings is 1. The van der Waals surface area contributed by atoms with Gasteiger partial charge in [0, 0.05) is 22.7 Å². The normalized spacial score (nSPS) is 15.8. The van der Waals surface area contributed by atoms with Crippen molar-refractivity contribution in [3.63, 3.8) is 0 Å². The first-order valence-corrected chi connectivity index (χ1v) is 8.89. The van der Waals surface area contributed by atoms with Gasteiger partial charge in [-0.1, -0.05) is 25.3 Å². The van der Waals surface area contributed by atoms with Gasteiger partial charge in [-0.25, -0.2) is 0 Å². The van der Waals surface area contributed by atoms with Gasteiger partial charge in [0.1, 0.15) is 6.29 Å². The fraction of sp³-hybridized carbons (Fsp3) is 0.444. The van der Waals surface area contributed by atoms with Crippen LogP contribution in [0.25, 0.3) is 10.1 Å². The Kier molecular flexibility index (Phi) is 4.88. The molecule has 1 amide bonds. The smallest absolute Gasteiger partial charge is 0.223 e. The molecule has 1 N–H and O–H groups in total. The molecule has 0 aliphatic heterocycles.